The van der Waals surface area contributed by atoms with E-state index in [4.69, 9.17) is 0 Å². The van der Waals surface area contributed by atoms with Gasteiger partial charge in [0.1, 0.15) is 0 Å². The molecule has 0 aliphatic carbocycles. The van der Waals surface area contributed by atoms with E-state index in [0.717, 1.165) is 25.9 Å². The summed E-state index contributed by atoms with van der Waals surface area (Å²) in [6, 6.07) is 0.0530. The van der Waals surface area contributed by atoms with Crippen molar-refractivity contribution in [3.05, 3.63) is 0 Å². The lowest BCUT2D eigenvalue weighted by Crippen LogP contribution is -2.45. The Morgan fingerprint density at radius 2 is 1.71 bits per heavy atom. The van der Waals surface area contributed by atoms with Crippen molar-refractivity contribution in [2.75, 3.05) is 19.6 Å². The van der Waals surface area contributed by atoms with E-state index in [2.05, 4.69) is 5.32 Å². The van der Waals surface area contributed by atoms with E-state index < -0.39 is 10.0 Å². The normalized spacial score (nSPS) is 19.5. The van der Waals surface area contributed by atoms with Crippen LogP contribution >= 0.6 is 0 Å². The zero-order valence-corrected chi connectivity index (χ0v) is 12.3. The van der Waals surface area contributed by atoms with Gasteiger partial charge in [0.25, 0.3) is 0 Å². The Kier molecular flexibility index (Phi) is 5.41. The van der Waals surface area contributed by atoms with E-state index in [1.807, 2.05) is 13.8 Å². The van der Waals surface area contributed by atoms with Crippen LogP contribution in [0.5, 0.6) is 0 Å². The second-order valence-corrected chi connectivity index (χ2v) is 7.89. The van der Waals surface area contributed by atoms with Gasteiger partial charge in [0, 0.05) is 12.6 Å². The molecule has 0 unspecified atom stereocenters. The van der Waals surface area contributed by atoms with Gasteiger partial charge in [-0.05, 0) is 59.5 Å². The Bertz CT molecular complexity index is 319. The van der Waals surface area contributed by atoms with Gasteiger partial charge < -0.3 is 5.32 Å². The van der Waals surface area contributed by atoms with Gasteiger partial charge in [-0.1, -0.05) is 0 Å². The smallest absolute Gasteiger partial charge is 0.216 e. The molecule has 4 nitrogen and oxygen atoms in total. The van der Waals surface area contributed by atoms with Crippen LogP contribution in [0.15, 0.2) is 0 Å². The van der Waals surface area contributed by atoms with Crippen LogP contribution in [0.2, 0.25) is 0 Å². The summed E-state index contributed by atoms with van der Waals surface area (Å²) in [6.07, 6.45) is 2.16. The van der Waals surface area contributed by atoms with E-state index in [9.17, 15) is 8.42 Å². The number of hydrogen-bond acceptors (Lipinski definition) is 3. The number of piperidine rings is 1. The van der Waals surface area contributed by atoms with Gasteiger partial charge in [-0.15, -0.1) is 0 Å². The molecule has 1 fully saturated rings. The first-order chi connectivity index (χ1) is 7.85. The summed E-state index contributed by atoms with van der Waals surface area (Å²) in [5, 5.41) is 2.98. The highest BCUT2D eigenvalue weighted by Gasteiger charge is 2.30. The SMILES string of the molecule is CC(C)N(CC1CCNCC1)S(=O)(=O)C(C)C. The quantitative estimate of drug-likeness (QED) is 0.815. The van der Waals surface area contributed by atoms with Crippen LogP contribution in [0.1, 0.15) is 40.5 Å². The molecule has 0 aromatic heterocycles. The summed E-state index contributed by atoms with van der Waals surface area (Å²) < 4.78 is 26.2. The Morgan fingerprint density at radius 3 is 2.12 bits per heavy atom. The largest absolute Gasteiger partial charge is 0.317 e. The van der Waals surface area contributed by atoms with Crippen molar-refractivity contribution >= 4 is 10.0 Å². The highest BCUT2D eigenvalue weighted by atomic mass is 32.2. The summed E-state index contributed by atoms with van der Waals surface area (Å²) in [5.74, 6) is 0.507. The number of nitrogens with one attached hydrogen (secondary N) is 1. The van der Waals surface area contributed by atoms with Crippen molar-refractivity contribution in [2.45, 2.75) is 51.8 Å². The zero-order valence-electron chi connectivity index (χ0n) is 11.4. The molecule has 0 atom stereocenters. The van der Waals surface area contributed by atoms with Gasteiger partial charge in [0.2, 0.25) is 10.0 Å². The molecule has 17 heavy (non-hydrogen) atoms. The number of sulfonamides is 1. The van der Waals surface area contributed by atoms with Gasteiger partial charge >= 0.3 is 0 Å². The molecule has 1 aliphatic heterocycles. The molecule has 1 heterocycles. The Balaban J connectivity index is 2.72. The summed E-state index contributed by atoms with van der Waals surface area (Å²) >= 11 is 0. The van der Waals surface area contributed by atoms with Crippen LogP contribution in [0.4, 0.5) is 0 Å². The topological polar surface area (TPSA) is 49.4 Å². The summed E-state index contributed by atoms with van der Waals surface area (Å²) in [7, 11) is -3.12. The molecule has 0 amide bonds. The van der Waals surface area contributed by atoms with E-state index >= 15 is 0 Å². The molecule has 0 aromatic rings. The van der Waals surface area contributed by atoms with Crippen molar-refractivity contribution < 1.29 is 8.42 Å². The molecule has 0 bridgehead atoms. The number of rotatable bonds is 5. The van der Waals surface area contributed by atoms with E-state index in [1.165, 1.54) is 0 Å². The maximum atomic E-state index is 12.3. The van der Waals surface area contributed by atoms with Crippen LogP contribution in [0.25, 0.3) is 0 Å². The second kappa shape index (κ2) is 6.16. The summed E-state index contributed by atoms with van der Waals surface area (Å²) in [6.45, 7) is 10.1. The third-order valence-electron chi connectivity index (χ3n) is 3.40. The fourth-order valence-corrected chi connectivity index (χ4v) is 3.75. The van der Waals surface area contributed by atoms with Crippen LogP contribution in [-0.2, 0) is 10.0 Å². The third-order valence-corrected chi connectivity index (χ3v) is 5.81. The Hall–Kier alpha value is -0.130. The Labute approximate surface area is 106 Å². The number of hydrogen-bond donors (Lipinski definition) is 1. The molecular formula is C12H26N2O2S. The maximum absolute atomic E-state index is 12.3. The molecule has 0 aromatic carbocycles. The molecule has 102 valence electrons. The minimum absolute atomic E-state index is 0.0530. The molecule has 5 heteroatoms. The molecule has 1 aliphatic rings. The first kappa shape index (κ1) is 14.9. The molecule has 0 spiro atoms. The van der Waals surface area contributed by atoms with Crippen LogP contribution in [0.3, 0.4) is 0 Å². The summed E-state index contributed by atoms with van der Waals surface area (Å²) in [4.78, 5) is 0. The fourth-order valence-electron chi connectivity index (χ4n) is 2.20. The van der Waals surface area contributed by atoms with E-state index in [-0.39, 0.29) is 11.3 Å². The first-order valence-electron chi connectivity index (χ1n) is 6.57. The number of nitrogens with zero attached hydrogens (tertiary/aromatic N) is 1. The molecule has 1 saturated heterocycles. The van der Waals surface area contributed by atoms with Crippen molar-refractivity contribution in [2.24, 2.45) is 5.92 Å². The van der Waals surface area contributed by atoms with Gasteiger partial charge in [-0.2, -0.15) is 4.31 Å². The van der Waals surface area contributed by atoms with Crippen LogP contribution in [0, 0.1) is 5.92 Å². The van der Waals surface area contributed by atoms with Gasteiger partial charge in [-0.25, -0.2) is 8.42 Å². The molecular weight excluding hydrogens is 236 g/mol. The van der Waals surface area contributed by atoms with Crippen molar-refractivity contribution in [1.82, 2.24) is 9.62 Å². The van der Waals surface area contributed by atoms with Crippen molar-refractivity contribution in [3.63, 3.8) is 0 Å². The average molecular weight is 262 g/mol. The minimum Gasteiger partial charge on any atom is -0.317 e. The highest BCUT2D eigenvalue weighted by molar-refractivity contribution is 7.89. The monoisotopic (exact) mass is 262 g/mol. The predicted octanol–water partition coefficient (Wildman–Crippen LogP) is 1.43. The lowest BCUT2D eigenvalue weighted by Gasteiger charge is -2.33. The Morgan fingerprint density at radius 1 is 1.18 bits per heavy atom. The minimum atomic E-state index is -3.12. The maximum Gasteiger partial charge on any atom is 0.216 e. The molecule has 0 saturated carbocycles. The van der Waals surface area contributed by atoms with Gasteiger partial charge in [-0.3, -0.25) is 0 Å². The lowest BCUT2D eigenvalue weighted by atomic mass is 9.98. The zero-order chi connectivity index (χ0) is 13.1. The first-order valence-corrected chi connectivity index (χ1v) is 8.07. The van der Waals surface area contributed by atoms with Gasteiger partial charge in [0.15, 0.2) is 0 Å². The molecule has 0 radical (unpaired) electrons. The standard InChI is InChI=1S/C12H26N2O2S/c1-10(2)14(17(15,16)11(3)4)9-12-5-7-13-8-6-12/h10-13H,5-9H2,1-4H3. The predicted molar refractivity (Wildman–Crippen MR) is 71.5 cm³/mol. The molecule has 1 rings (SSSR count). The van der Waals surface area contributed by atoms with Crippen LogP contribution < -0.4 is 5.32 Å². The fraction of sp³-hybridized carbons (Fsp3) is 1.00. The summed E-state index contributed by atoms with van der Waals surface area (Å²) in [5.41, 5.74) is 0. The van der Waals surface area contributed by atoms with Crippen molar-refractivity contribution in [3.8, 4) is 0 Å². The average Bonchev–Trinajstić information content (AvgIpc) is 2.26. The van der Waals surface area contributed by atoms with Gasteiger partial charge in [0.05, 0.1) is 5.25 Å². The van der Waals surface area contributed by atoms with E-state index in [0.29, 0.717) is 12.5 Å². The highest BCUT2D eigenvalue weighted by Crippen LogP contribution is 2.20. The van der Waals surface area contributed by atoms with Crippen molar-refractivity contribution in [1.29, 1.82) is 0 Å². The second-order valence-electron chi connectivity index (χ2n) is 5.45. The van der Waals surface area contributed by atoms with Crippen LogP contribution in [-0.4, -0.2) is 43.6 Å². The third kappa shape index (κ3) is 3.93. The molecule has 1 N–H and O–H groups in total. The van der Waals surface area contributed by atoms with E-state index in [1.54, 1.807) is 18.2 Å². The lowest BCUT2D eigenvalue weighted by molar-refractivity contribution is 0.259.